The number of rotatable bonds is 1. The summed E-state index contributed by atoms with van der Waals surface area (Å²) in [6.45, 7) is 0.903. The maximum atomic E-state index is 11.8. The average molecular weight is 208 g/mol. The third-order valence-corrected chi connectivity index (χ3v) is 2.47. The first-order valence-corrected chi connectivity index (χ1v) is 4.83. The van der Waals surface area contributed by atoms with Gasteiger partial charge in [-0.2, -0.15) is 4.73 Å². The first-order chi connectivity index (χ1) is 7.16. The molecular weight excluding hydrogens is 196 g/mol. The van der Waals surface area contributed by atoms with Gasteiger partial charge in [0.05, 0.1) is 6.10 Å². The second-order valence-electron chi connectivity index (χ2n) is 3.65. The Labute approximate surface area is 87.1 Å². The number of amides is 1. The summed E-state index contributed by atoms with van der Waals surface area (Å²) in [6.07, 6.45) is 2.75. The Kier molecular flexibility index (Phi) is 2.55. The van der Waals surface area contributed by atoms with Gasteiger partial charge in [0.1, 0.15) is 5.56 Å². The van der Waals surface area contributed by atoms with Crippen LogP contribution in [0.25, 0.3) is 0 Å². The molecule has 1 N–H and O–H groups in total. The maximum absolute atomic E-state index is 11.8. The highest BCUT2D eigenvalue weighted by Crippen LogP contribution is 2.12. The predicted molar refractivity (Wildman–Crippen MR) is 51.9 cm³/mol. The number of carbonyl (C=O) groups excluding carboxylic acids is 1. The summed E-state index contributed by atoms with van der Waals surface area (Å²) in [6, 6.07) is 3.13. The van der Waals surface area contributed by atoms with Crippen LogP contribution in [0.4, 0.5) is 0 Å². The zero-order valence-electron chi connectivity index (χ0n) is 8.17. The number of pyridine rings is 1. The smallest absolute Gasteiger partial charge is 0.260 e. The molecule has 0 bridgehead atoms. The van der Waals surface area contributed by atoms with Gasteiger partial charge in [0.15, 0.2) is 12.4 Å². The summed E-state index contributed by atoms with van der Waals surface area (Å²) in [4.78, 5) is 13.4. The molecule has 80 valence electrons. The summed E-state index contributed by atoms with van der Waals surface area (Å²) >= 11 is 0. The lowest BCUT2D eigenvalue weighted by molar-refractivity contribution is -0.605. The molecule has 0 radical (unpaired) electrons. The van der Waals surface area contributed by atoms with E-state index in [0.717, 1.165) is 0 Å². The van der Waals surface area contributed by atoms with Crippen molar-refractivity contribution in [1.29, 1.82) is 0 Å². The van der Waals surface area contributed by atoms with Gasteiger partial charge in [-0.15, -0.1) is 0 Å². The van der Waals surface area contributed by atoms with Crippen LogP contribution >= 0.6 is 0 Å². The number of hydrogen-bond donors (Lipinski definition) is 1. The van der Waals surface area contributed by atoms with Crippen molar-refractivity contribution in [1.82, 2.24) is 4.90 Å². The Morgan fingerprint density at radius 2 is 2.47 bits per heavy atom. The number of aliphatic hydroxyl groups is 1. The Balaban J connectivity index is 2.14. The van der Waals surface area contributed by atoms with E-state index in [1.165, 1.54) is 18.5 Å². The molecule has 1 aromatic rings. The molecule has 1 saturated heterocycles. The highest BCUT2D eigenvalue weighted by Gasteiger charge is 2.26. The molecule has 0 aliphatic carbocycles. The van der Waals surface area contributed by atoms with E-state index >= 15 is 0 Å². The van der Waals surface area contributed by atoms with E-state index in [0.29, 0.717) is 29.8 Å². The Hall–Kier alpha value is -1.62. The fourth-order valence-corrected chi connectivity index (χ4v) is 1.69. The van der Waals surface area contributed by atoms with E-state index < -0.39 is 6.10 Å². The predicted octanol–water partition coefficient (Wildman–Crippen LogP) is -0.473. The molecule has 5 heteroatoms. The summed E-state index contributed by atoms with van der Waals surface area (Å²) in [5, 5.41) is 20.3. The lowest BCUT2D eigenvalue weighted by Crippen LogP contribution is -2.32. The Bertz CT molecular complexity index is 381. The van der Waals surface area contributed by atoms with Crippen molar-refractivity contribution < 1.29 is 14.6 Å². The van der Waals surface area contributed by atoms with E-state index in [1.807, 2.05) is 0 Å². The minimum Gasteiger partial charge on any atom is -0.619 e. The number of likely N-dealkylation sites (tertiary alicyclic amines) is 1. The number of aromatic nitrogens is 1. The maximum Gasteiger partial charge on any atom is 0.260 e. The average Bonchev–Trinajstić information content (AvgIpc) is 2.64. The normalized spacial score (nSPS) is 20.6. The van der Waals surface area contributed by atoms with Gasteiger partial charge in [-0.05, 0) is 12.5 Å². The van der Waals surface area contributed by atoms with E-state index in [1.54, 1.807) is 11.0 Å². The minimum absolute atomic E-state index is 0.197. The van der Waals surface area contributed by atoms with Crippen molar-refractivity contribution >= 4 is 5.91 Å². The van der Waals surface area contributed by atoms with Crippen LogP contribution in [0.2, 0.25) is 0 Å². The zero-order valence-corrected chi connectivity index (χ0v) is 8.17. The number of hydrogen-bond acceptors (Lipinski definition) is 3. The third kappa shape index (κ3) is 2.07. The Morgan fingerprint density at radius 3 is 3.07 bits per heavy atom. The molecule has 15 heavy (non-hydrogen) atoms. The second kappa shape index (κ2) is 3.86. The van der Waals surface area contributed by atoms with Crippen LogP contribution in [0.5, 0.6) is 0 Å². The van der Waals surface area contributed by atoms with Gasteiger partial charge in [-0.3, -0.25) is 4.79 Å². The topological polar surface area (TPSA) is 67.5 Å². The van der Waals surface area contributed by atoms with Crippen molar-refractivity contribution in [3.8, 4) is 0 Å². The van der Waals surface area contributed by atoms with E-state index in [-0.39, 0.29) is 5.91 Å². The highest BCUT2D eigenvalue weighted by molar-refractivity contribution is 5.93. The molecule has 0 spiro atoms. The monoisotopic (exact) mass is 208 g/mol. The van der Waals surface area contributed by atoms with Crippen LogP contribution in [0.1, 0.15) is 16.8 Å². The van der Waals surface area contributed by atoms with Gasteiger partial charge >= 0.3 is 0 Å². The lowest BCUT2D eigenvalue weighted by atomic mass is 10.2. The summed E-state index contributed by atoms with van der Waals surface area (Å²) in [5.74, 6) is -0.197. The van der Waals surface area contributed by atoms with Gasteiger partial charge in [0, 0.05) is 19.2 Å². The fourth-order valence-electron chi connectivity index (χ4n) is 1.69. The molecule has 1 aliphatic rings. The third-order valence-electron chi connectivity index (χ3n) is 2.47. The molecule has 1 aliphatic heterocycles. The first-order valence-electron chi connectivity index (χ1n) is 4.83. The van der Waals surface area contributed by atoms with Gasteiger partial charge in [0.25, 0.3) is 5.91 Å². The van der Waals surface area contributed by atoms with Crippen molar-refractivity contribution in [2.45, 2.75) is 12.5 Å². The van der Waals surface area contributed by atoms with Crippen LogP contribution in [0.15, 0.2) is 24.5 Å². The zero-order chi connectivity index (χ0) is 10.8. The summed E-state index contributed by atoms with van der Waals surface area (Å²) in [5.41, 5.74) is 0.363. The number of carbonyl (C=O) groups is 1. The molecule has 0 unspecified atom stereocenters. The van der Waals surface area contributed by atoms with Crippen molar-refractivity contribution in [3.63, 3.8) is 0 Å². The molecule has 1 amide bonds. The lowest BCUT2D eigenvalue weighted by Gasteiger charge is -2.14. The second-order valence-corrected chi connectivity index (χ2v) is 3.65. The highest BCUT2D eigenvalue weighted by atomic mass is 16.5. The van der Waals surface area contributed by atoms with E-state index in [2.05, 4.69) is 0 Å². The van der Waals surface area contributed by atoms with Crippen LogP contribution in [-0.2, 0) is 0 Å². The quantitative estimate of drug-likeness (QED) is 0.501. The van der Waals surface area contributed by atoms with Crippen molar-refractivity contribution in [3.05, 3.63) is 35.3 Å². The molecule has 0 saturated carbocycles. The van der Waals surface area contributed by atoms with Gasteiger partial charge in [-0.1, -0.05) is 0 Å². The molecule has 1 aromatic heterocycles. The largest absolute Gasteiger partial charge is 0.619 e. The SMILES string of the molecule is O=C(c1ccc[n+]([O-])c1)N1CC[C@@H](O)C1. The number of aliphatic hydroxyl groups excluding tert-OH is 1. The molecule has 1 atom stereocenters. The first kappa shape index (κ1) is 9.92. The van der Waals surface area contributed by atoms with Crippen molar-refractivity contribution in [2.75, 3.05) is 13.1 Å². The summed E-state index contributed by atoms with van der Waals surface area (Å²) in [7, 11) is 0. The van der Waals surface area contributed by atoms with Crippen LogP contribution in [0.3, 0.4) is 0 Å². The summed E-state index contributed by atoms with van der Waals surface area (Å²) < 4.78 is 0.597. The van der Waals surface area contributed by atoms with Crippen LogP contribution in [0, 0.1) is 5.21 Å². The van der Waals surface area contributed by atoms with Crippen molar-refractivity contribution in [2.24, 2.45) is 0 Å². The van der Waals surface area contributed by atoms with E-state index in [9.17, 15) is 15.1 Å². The van der Waals surface area contributed by atoms with Gasteiger partial charge < -0.3 is 15.2 Å². The van der Waals surface area contributed by atoms with Crippen LogP contribution in [-0.4, -0.2) is 35.1 Å². The minimum atomic E-state index is -0.433. The van der Waals surface area contributed by atoms with E-state index in [4.69, 9.17) is 0 Å². The number of nitrogens with zero attached hydrogens (tertiary/aromatic N) is 2. The van der Waals surface area contributed by atoms with Gasteiger partial charge in [0.2, 0.25) is 0 Å². The molecular formula is C10H12N2O3. The molecule has 2 heterocycles. The molecule has 5 nitrogen and oxygen atoms in total. The molecule has 1 fully saturated rings. The Morgan fingerprint density at radius 1 is 1.67 bits per heavy atom. The molecule has 0 aromatic carbocycles. The number of β-amino-alcohol motifs (C(OH)–C–C–N with tert-alkyl or cyclic N) is 1. The van der Waals surface area contributed by atoms with Crippen LogP contribution < -0.4 is 4.73 Å². The fraction of sp³-hybridized carbons (Fsp3) is 0.400. The van der Waals surface area contributed by atoms with Gasteiger partial charge in [-0.25, -0.2) is 0 Å². The standard InChI is InChI=1S/C10H12N2O3/c13-9-3-5-11(7-9)10(14)8-2-1-4-12(15)6-8/h1-2,4,6,9,13H,3,5,7H2/t9-/m1/s1. The molecule has 2 rings (SSSR count).